The topological polar surface area (TPSA) is 62.9 Å². The SMILES string of the molecule is CC(C)Oc1ccc(NC(N)=NCCCN2CCCCCC2)cc1. The molecular formula is C19H32N4O. The van der Waals surface area contributed by atoms with Crippen LogP contribution in [-0.4, -0.2) is 43.1 Å². The van der Waals surface area contributed by atoms with Crippen molar-refractivity contribution in [3.8, 4) is 5.75 Å². The van der Waals surface area contributed by atoms with Crippen LogP contribution in [0.5, 0.6) is 5.75 Å². The summed E-state index contributed by atoms with van der Waals surface area (Å²) >= 11 is 0. The van der Waals surface area contributed by atoms with E-state index in [2.05, 4.69) is 15.2 Å². The molecule has 1 aromatic carbocycles. The zero-order valence-electron chi connectivity index (χ0n) is 15.1. The summed E-state index contributed by atoms with van der Waals surface area (Å²) in [6.45, 7) is 8.40. The van der Waals surface area contributed by atoms with Crippen molar-refractivity contribution in [1.29, 1.82) is 0 Å². The van der Waals surface area contributed by atoms with Gasteiger partial charge in [-0.15, -0.1) is 0 Å². The van der Waals surface area contributed by atoms with Crippen molar-refractivity contribution in [1.82, 2.24) is 4.90 Å². The van der Waals surface area contributed by atoms with Gasteiger partial charge in [-0.25, -0.2) is 0 Å². The molecular weight excluding hydrogens is 300 g/mol. The highest BCUT2D eigenvalue weighted by Crippen LogP contribution is 2.16. The van der Waals surface area contributed by atoms with Crippen LogP contribution in [0.1, 0.15) is 46.0 Å². The van der Waals surface area contributed by atoms with Gasteiger partial charge in [0.15, 0.2) is 5.96 Å². The molecule has 0 radical (unpaired) electrons. The molecule has 0 spiro atoms. The molecule has 0 atom stereocenters. The van der Waals surface area contributed by atoms with Gasteiger partial charge in [0.05, 0.1) is 6.10 Å². The number of nitrogens with one attached hydrogen (secondary N) is 1. The van der Waals surface area contributed by atoms with E-state index in [0.29, 0.717) is 5.96 Å². The van der Waals surface area contributed by atoms with Crippen LogP contribution in [0.15, 0.2) is 29.3 Å². The third-order valence-electron chi connectivity index (χ3n) is 4.11. The van der Waals surface area contributed by atoms with Crippen LogP contribution in [0.3, 0.4) is 0 Å². The number of guanidine groups is 1. The number of likely N-dealkylation sites (tertiary alicyclic amines) is 1. The van der Waals surface area contributed by atoms with Gasteiger partial charge in [-0.3, -0.25) is 4.99 Å². The number of ether oxygens (including phenoxy) is 1. The molecule has 1 aromatic rings. The second-order valence-electron chi connectivity index (χ2n) is 6.69. The second-order valence-corrected chi connectivity index (χ2v) is 6.69. The number of rotatable bonds is 7. The summed E-state index contributed by atoms with van der Waals surface area (Å²) in [4.78, 5) is 6.98. The predicted octanol–water partition coefficient (Wildman–Crippen LogP) is 3.47. The van der Waals surface area contributed by atoms with Crippen molar-refractivity contribution in [2.45, 2.75) is 52.1 Å². The van der Waals surface area contributed by atoms with Gasteiger partial charge >= 0.3 is 0 Å². The molecule has 1 aliphatic rings. The molecule has 5 nitrogen and oxygen atoms in total. The van der Waals surface area contributed by atoms with Crippen LogP contribution in [0, 0.1) is 0 Å². The van der Waals surface area contributed by atoms with Crippen molar-refractivity contribution in [3.05, 3.63) is 24.3 Å². The lowest BCUT2D eigenvalue weighted by atomic mass is 10.2. The Morgan fingerprint density at radius 3 is 2.46 bits per heavy atom. The fourth-order valence-corrected chi connectivity index (χ4v) is 2.93. The fraction of sp³-hybridized carbons (Fsp3) is 0.632. The van der Waals surface area contributed by atoms with Gasteiger partial charge in [0.1, 0.15) is 5.75 Å². The molecule has 0 amide bonds. The Labute approximate surface area is 146 Å². The lowest BCUT2D eigenvalue weighted by Crippen LogP contribution is -2.27. The summed E-state index contributed by atoms with van der Waals surface area (Å²) in [7, 11) is 0. The zero-order chi connectivity index (χ0) is 17.2. The van der Waals surface area contributed by atoms with E-state index in [1.165, 1.54) is 38.8 Å². The lowest BCUT2D eigenvalue weighted by molar-refractivity contribution is 0.242. The molecule has 1 saturated heterocycles. The van der Waals surface area contributed by atoms with Gasteiger partial charge in [0.2, 0.25) is 0 Å². The number of hydrogen-bond acceptors (Lipinski definition) is 3. The van der Waals surface area contributed by atoms with Crippen LogP contribution in [0.4, 0.5) is 5.69 Å². The predicted molar refractivity (Wildman–Crippen MR) is 102 cm³/mol. The average Bonchev–Trinajstić information content (AvgIpc) is 2.82. The first-order valence-electron chi connectivity index (χ1n) is 9.19. The van der Waals surface area contributed by atoms with Crippen LogP contribution >= 0.6 is 0 Å². The third-order valence-corrected chi connectivity index (χ3v) is 4.11. The maximum absolute atomic E-state index is 5.96. The average molecular weight is 332 g/mol. The van der Waals surface area contributed by atoms with Gasteiger partial charge < -0.3 is 20.7 Å². The van der Waals surface area contributed by atoms with E-state index in [0.717, 1.165) is 30.9 Å². The zero-order valence-corrected chi connectivity index (χ0v) is 15.1. The Kier molecular flexibility index (Phi) is 7.89. The Hall–Kier alpha value is -1.75. The maximum atomic E-state index is 5.96. The van der Waals surface area contributed by atoms with Crippen molar-refractivity contribution in [3.63, 3.8) is 0 Å². The largest absolute Gasteiger partial charge is 0.491 e. The lowest BCUT2D eigenvalue weighted by Gasteiger charge is -2.18. The number of benzene rings is 1. The van der Waals surface area contributed by atoms with Gasteiger partial charge in [0, 0.05) is 12.2 Å². The number of anilines is 1. The van der Waals surface area contributed by atoms with Crippen molar-refractivity contribution in [2.24, 2.45) is 10.7 Å². The fourth-order valence-electron chi connectivity index (χ4n) is 2.93. The Bertz CT molecular complexity index is 491. The molecule has 0 saturated carbocycles. The molecule has 0 unspecified atom stereocenters. The van der Waals surface area contributed by atoms with Crippen LogP contribution in [0.25, 0.3) is 0 Å². The van der Waals surface area contributed by atoms with E-state index < -0.39 is 0 Å². The van der Waals surface area contributed by atoms with E-state index in [9.17, 15) is 0 Å². The Morgan fingerprint density at radius 2 is 1.83 bits per heavy atom. The maximum Gasteiger partial charge on any atom is 0.193 e. The number of hydrogen-bond donors (Lipinski definition) is 2. The Morgan fingerprint density at radius 1 is 1.17 bits per heavy atom. The first kappa shape index (κ1) is 18.6. The second kappa shape index (κ2) is 10.2. The number of nitrogens with zero attached hydrogens (tertiary/aromatic N) is 2. The molecule has 1 heterocycles. The monoisotopic (exact) mass is 332 g/mol. The number of nitrogens with two attached hydrogens (primary N) is 1. The smallest absolute Gasteiger partial charge is 0.193 e. The molecule has 134 valence electrons. The summed E-state index contributed by atoms with van der Waals surface area (Å²) < 4.78 is 5.63. The minimum atomic E-state index is 0.180. The third kappa shape index (κ3) is 7.21. The van der Waals surface area contributed by atoms with Gasteiger partial charge in [-0.1, -0.05) is 12.8 Å². The highest BCUT2D eigenvalue weighted by atomic mass is 16.5. The molecule has 0 bridgehead atoms. The normalized spacial score (nSPS) is 16.9. The van der Waals surface area contributed by atoms with E-state index in [1.54, 1.807) is 0 Å². The van der Waals surface area contributed by atoms with Gasteiger partial charge in [-0.2, -0.15) is 0 Å². The minimum absolute atomic E-state index is 0.180. The highest BCUT2D eigenvalue weighted by Gasteiger charge is 2.07. The highest BCUT2D eigenvalue weighted by molar-refractivity contribution is 5.92. The summed E-state index contributed by atoms with van der Waals surface area (Å²) in [5.74, 6) is 1.34. The van der Waals surface area contributed by atoms with E-state index in [-0.39, 0.29) is 6.10 Å². The van der Waals surface area contributed by atoms with Crippen LogP contribution in [0.2, 0.25) is 0 Å². The molecule has 0 aromatic heterocycles. The molecule has 1 fully saturated rings. The number of aliphatic imine (C=N–C) groups is 1. The summed E-state index contributed by atoms with van der Waals surface area (Å²) in [6.07, 6.45) is 6.68. The van der Waals surface area contributed by atoms with Gasteiger partial charge in [0.25, 0.3) is 0 Å². The molecule has 1 aliphatic heterocycles. The van der Waals surface area contributed by atoms with E-state index >= 15 is 0 Å². The minimum Gasteiger partial charge on any atom is -0.491 e. The standard InChI is InChI=1S/C19H32N4O/c1-16(2)24-18-10-8-17(9-11-18)22-19(20)21-12-7-15-23-13-5-3-4-6-14-23/h8-11,16H,3-7,12-15H2,1-2H3,(H3,20,21,22). The molecule has 0 aliphatic carbocycles. The first-order chi connectivity index (χ1) is 11.6. The Balaban J connectivity index is 1.69. The summed E-state index contributed by atoms with van der Waals surface area (Å²) in [6, 6.07) is 7.79. The first-order valence-corrected chi connectivity index (χ1v) is 9.19. The quantitative estimate of drug-likeness (QED) is 0.456. The van der Waals surface area contributed by atoms with Crippen molar-refractivity contribution < 1.29 is 4.74 Å². The van der Waals surface area contributed by atoms with Crippen molar-refractivity contribution in [2.75, 3.05) is 31.5 Å². The van der Waals surface area contributed by atoms with Crippen LogP contribution in [-0.2, 0) is 0 Å². The molecule has 3 N–H and O–H groups in total. The summed E-state index contributed by atoms with van der Waals surface area (Å²) in [5, 5.41) is 3.13. The van der Waals surface area contributed by atoms with Crippen molar-refractivity contribution >= 4 is 11.6 Å². The van der Waals surface area contributed by atoms with Crippen LogP contribution < -0.4 is 15.8 Å². The summed E-state index contributed by atoms with van der Waals surface area (Å²) in [5.41, 5.74) is 6.89. The molecule has 5 heteroatoms. The molecule has 24 heavy (non-hydrogen) atoms. The van der Waals surface area contributed by atoms with Gasteiger partial charge in [-0.05, 0) is 77.0 Å². The van der Waals surface area contributed by atoms with E-state index in [1.807, 2.05) is 38.1 Å². The van der Waals surface area contributed by atoms with E-state index in [4.69, 9.17) is 10.5 Å². The molecule has 2 rings (SSSR count).